The molecule has 2 rings (SSSR count). The van der Waals surface area contributed by atoms with Gasteiger partial charge in [0.15, 0.2) is 0 Å². The summed E-state index contributed by atoms with van der Waals surface area (Å²) in [5.41, 5.74) is -1.27. The van der Waals surface area contributed by atoms with Gasteiger partial charge in [0, 0.05) is 55.3 Å². The van der Waals surface area contributed by atoms with E-state index in [-0.39, 0.29) is 40.0 Å². The highest BCUT2D eigenvalue weighted by atomic mass is 32.2. The molecule has 0 radical (unpaired) electrons. The Morgan fingerprint density at radius 1 is 0.943 bits per heavy atom. The molecule has 2 aliphatic rings. The van der Waals surface area contributed by atoms with Gasteiger partial charge in [-0.25, -0.2) is 0 Å². The van der Waals surface area contributed by atoms with Crippen LogP contribution in [0.5, 0.6) is 0 Å². The lowest BCUT2D eigenvalue weighted by Gasteiger charge is -2.43. The van der Waals surface area contributed by atoms with Crippen LogP contribution in [0.25, 0.3) is 0 Å². The van der Waals surface area contributed by atoms with Crippen LogP contribution in [-0.4, -0.2) is 87.6 Å². The lowest BCUT2D eigenvalue weighted by molar-refractivity contribution is -0.151. The fraction of sp³-hybridized carbons (Fsp3) is 0.720. The molecule has 5 amide bonds. The molecule has 2 aliphatic heterocycles. The number of hydrogen-bond donors (Lipinski definition) is 1. The number of hydrogen-bond acceptors (Lipinski definition) is 6. The van der Waals surface area contributed by atoms with Gasteiger partial charge < -0.3 is 15.1 Å². The van der Waals surface area contributed by atoms with Gasteiger partial charge in [0.1, 0.15) is 0 Å². The molecule has 0 aliphatic carbocycles. The molecule has 9 nitrogen and oxygen atoms in total. The number of piperazine rings is 1. The Balaban J connectivity index is 1.87. The molecule has 2 heterocycles. The number of thioether (sulfide) groups is 1. The minimum atomic E-state index is -0.829. The minimum absolute atomic E-state index is 0.0263. The SMILES string of the molecule is CC1=CC(=O)N(C(C)(C)CC(C)(C)C(=O)N2CCN(C(=O)CSC(=O)NCC(C)(C)C)CC2)C1=O. The molecule has 0 spiro atoms. The Morgan fingerprint density at radius 3 is 1.97 bits per heavy atom. The minimum Gasteiger partial charge on any atom is -0.346 e. The van der Waals surface area contributed by atoms with Gasteiger partial charge in [0.05, 0.1) is 5.75 Å². The van der Waals surface area contributed by atoms with Gasteiger partial charge in [-0.1, -0.05) is 46.4 Å². The Labute approximate surface area is 213 Å². The van der Waals surface area contributed by atoms with Gasteiger partial charge in [-0.2, -0.15) is 0 Å². The average Bonchev–Trinajstić information content (AvgIpc) is 3.00. The summed E-state index contributed by atoms with van der Waals surface area (Å²) in [6, 6.07) is 0. The van der Waals surface area contributed by atoms with Crippen molar-refractivity contribution in [2.45, 2.75) is 67.3 Å². The average molecular weight is 509 g/mol. The predicted molar refractivity (Wildman–Crippen MR) is 137 cm³/mol. The van der Waals surface area contributed by atoms with Crippen LogP contribution in [0.3, 0.4) is 0 Å². The topological polar surface area (TPSA) is 107 Å². The van der Waals surface area contributed by atoms with Crippen molar-refractivity contribution in [3.05, 3.63) is 11.6 Å². The Morgan fingerprint density at radius 2 is 1.49 bits per heavy atom. The number of amides is 5. The number of imide groups is 1. The molecule has 35 heavy (non-hydrogen) atoms. The third kappa shape index (κ3) is 7.56. The van der Waals surface area contributed by atoms with Gasteiger partial charge in [-0.05, 0) is 32.6 Å². The molecule has 196 valence electrons. The molecule has 0 aromatic carbocycles. The molecule has 0 atom stereocenters. The van der Waals surface area contributed by atoms with E-state index in [1.165, 1.54) is 11.0 Å². The normalized spacial score (nSPS) is 17.6. The molecule has 0 unspecified atom stereocenters. The van der Waals surface area contributed by atoms with Gasteiger partial charge in [-0.3, -0.25) is 28.9 Å². The van der Waals surface area contributed by atoms with E-state index in [9.17, 15) is 24.0 Å². The van der Waals surface area contributed by atoms with Crippen LogP contribution >= 0.6 is 11.8 Å². The zero-order chi connectivity index (χ0) is 26.8. The molecule has 0 aromatic heterocycles. The van der Waals surface area contributed by atoms with Crippen LogP contribution in [0.2, 0.25) is 0 Å². The van der Waals surface area contributed by atoms with Gasteiger partial charge in [0.25, 0.3) is 17.1 Å². The van der Waals surface area contributed by atoms with Crippen molar-refractivity contribution in [3.63, 3.8) is 0 Å². The fourth-order valence-electron chi connectivity index (χ4n) is 4.59. The first kappa shape index (κ1) is 28.9. The van der Waals surface area contributed by atoms with Crippen molar-refractivity contribution in [1.29, 1.82) is 0 Å². The van der Waals surface area contributed by atoms with E-state index >= 15 is 0 Å². The molecular formula is C25H40N4O5S. The van der Waals surface area contributed by atoms with E-state index < -0.39 is 11.0 Å². The first-order valence-corrected chi connectivity index (χ1v) is 13.0. The number of nitrogens with zero attached hydrogens (tertiary/aromatic N) is 3. The first-order chi connectivity index (χ1) is 15.9. The van der Waals surface area contributed by atoms with Gasteiger partial charge in [-0.15, -0.1) is 0 Å². The van der Waals surface area contributed by atoms with E-state index in [1.54, 1.807) is 30.6 Å². The van der Waals surface area contributed by atoms with Crippen molar-refractivity contribution in [2.75, 3.05) is 38.5 Å². The number of rotatable bonds is 7. The van der Waals surface area contributed by atoms with Crippen molar-refractivity contribution >= 4 is 40.6 Å². The van der Waals surface area contributed by atoms with Crippen LogP contribution in [0.15, 0.2) is 11.6 Å². The van der Waals surface area contributed by atoms with E-state index in [0.29, 0.717) is 44.7 Å². The van der Waals surface area contributed by atoms with Crippen LogP contribution in [0, 0.1) is 10.8 Å². The second-order valence-electron chi connectivity index (χ2n) is 11.8. The van der Waals surface area contributed by atoms with Crippen molar-refractivity contribution in [2.24, 2.45) is 10.8 Å². The Kier molecular flexibility index (Phi) is 8.84. The summed E-state index contributed by atoms with van der Waals surface area (Å²) in [5.74, 6) is -0.799. The largest absolute Gasteiger partial charge is 0.346 e. The third-order valence-electron chi connectivity index (χ3n) is 6.17. The van der Waals surface area contributed by atoms with Crippen LogP contribution in [-0.2, 0) is 19.2 Å². The second-order valence-corrected chi connectivity index (χ2v) is 12.8. The predicted octanol–water partition coefficient (Wildman–Crippen LogP) is 2.66. The number of carbonyl (C=O) groups excluding carboxylic acids is 5. The summed E-state index contributed by atoms with van der Waals surface area (Å²) in [6.45, 7) is 17.1. The molecule has 0 saturated carbocycles. The summed E-state index contributed by atoms with van der Waals surface area (Å²) in [4.78, 5) is 67.3. The molecule has 1 N–H and O–H groups in total. The zero-order valence-electron chi connectivity index (χ0n) is 22.3. The molecular weight excluding hydrogens is 468 g/mol. The molecule has 0 bridgehead atoms. The third-order valence-corrected chi connectivity index (χ3v) is 6.97. The van der Waals surface area contributed by atoms with Gasteiger partial charge in [0.2, 0.25) is 11.8 Å². The van der Waals surface area contributed by atoms with Crippen molar-refractivity contribution in [3.8, 4) is 0 Å². The summed E-state index contributed by atoms with van der Waals surface area (Å²) < 4.78 is 0. The van der Waals surface area contributed by atoms with Crippen molar-refractivity contribution in [1.82, 2.24) is 20.0 Å². The molecule has 0 aromatic rings. The highest BCUT2D eigenvalue weighted by Crippen LogP contribution is 2.36. The quantitative estimate of drug-likeness (QED) is 0.530. The van der Waals surface area contributed by atoms with Gasteiger partial charge >= 0.3 is 0 Å². The van der Waals surface area contributed by atoms with E-state index in [4.69, 9.17) is 0 Å². The summed E-state index contributed by atoms with van der Waals surface area (Å²) in [5, 5.41) is 2.60. The smallest absolute Gasteiger partial charge is 0.279 e. The second kappa shape index (κ2) is 10.7. The monoisotopic (exact) mass is 508 g/mol. The zero-order valence-corrected chi connectivity index (χ0v) is 23.1. The first-order valence-electron chi connectivity index (χ1n) is 12.0. The van der Waals surface area contributed by atoms with Crippen molar-refractivity contribution < 1.29 is 24.0 Å². The van der Waals surface area contributed by atoms with Crippen LogP contribution in [0.4, 0.5) is 4.79 Å². The molecule has 1 fully saturated rings. The Hall–Kier alpha value is -2.36. The highest BCUT2D eigenvalue weighted by molar-refractivity contribution is 8.14. The summed E-state index contributed by atoms with van der Waals surface area (Å²) in [7, 11) is 0. The summed E-state index contributed by atoms with van der Waals surface area (Å²) in [6.07, 6.45) is 1.65. The summed E-state index contributed by atoms with van der Waals surface area (Å²) >= 11 is 0.963. The highest BCUT2D eigenvalue weighted by Gasteiger charge is 2.45. The maximum atomic E-state index is 13.3. The maximum absolute atomic E-state index is 13.3. The van der Waals surface area contributed by atoms with E-state index in [2.05, 4.69) is 5.32 Å². The lowest BCUT2D eigenvalue weighted by atomic mass is 9.78. The number of carbonyl (C=O) groups is 5. The van der Waals surface area contributed by atoms with E-state index in [1.807, 2.05) is 34.6 Å². The standard InChI is InChI=1S/C25H40N4O5S/c1-17-13-18(30)29(20(17)32)25(7,8)15-24(5,6)21(33)28-11-9-27(10-12-28)19(31)14-35-22(34)26-16-23(2,3)4/h13H,9-12,14-16H2,1-8H3,(H,26,34). The lowest BCUT2D eigenvalue weighted by Crippen LogP contribution is -2.56. The fourth-order valence-corrected chi connectivity index (χ4v) is 5.20. The number of nitrogens with one attached hydrogen (secondary N) is 1. The van der Waals surface area contributed by atoms with Crippen LogP contribution < -0.4 is 5.32 Å². The molecule has 10 heteroatoms. The maximum Gasteiger partial charge on any atom is 0.279 e. The Bertz CT molecular complexity index is 911. The molecule has 1 saturated heterocycles. The van der Waals surface area contributed by atoms with E-state index in [0.717, 1.165) is 11.8 Å². The van der Waals surface area contributed by atoms with Crippen LogP contribution in [0.1, 0.15) is 61.8 Å².